The number of rotatable bonds is 2. The summed E-state index contributed by atoms with van der Waals surface area (Å²) in [6, 6.07) is 0. The molecule has 0 aliphatic rings. The maximum atomic E-state index is 4.25. The third-order valence-electron chi connectivity index (χ3n) is 1.96. The average molecular weight is 177 g/mol. The Labute approximate surface area is 79.0 Å². The van der Waals surface area contributed by atoms with Gasteiger partial charge in [-0.25, -0.2) is 9.97 Å². The van der Waals surface area contributed by atoms with Crippen LogP contribution in [0.2, 0.25) is 0 Å². The van der Waals surface area contributed by atoms with E-state index >= 15 is 0 Å². The molecular formula is C10H15N3. The van der Waals surface area contributed by atoms with Crippen molar-refractivity contribution in [2.24, 2.45) is 4.99 Å². The maximum absolute atomic E-state index is 4.25. The van der Waals surface area contributed by atoms with Crippen LogP contribution in [0.15, 0.2) is 11.3 Å². The molecule has 0 saturated carbocycles. The molecule has 0 spiro atoms. The molecule has 13 heavy (non-hydrogen) atoms. The van der Waals surface area contributed by atoms with Gasteiger partial charge < -0.3 is 0 Å². The minimum absolute atomic E-state index is 0.437. The number of hydrogen-bond acceptors (Lipinski definition) is 3. The van der Waals surface area contributed by atoms with E-state index in [2.05, 4.69) is 28.8 Å². The van der Waals surface area contributed by atoms with E-state index in [0.717, 1.165) is 17.0 Å². The summed E-state index contributed by atoms with van der Waals surface area (Å²) < 4.78 is 0. The first-order chi connectivity index (χ1) is 6.16. The van der Waals surface area contributed by atoms with E-state index in [4.69, 9.17) is 0 Å². The molecule has 1 aromatic heterocycles. The lowest BCUT2D eigenvalue weighted by molar-refractivity contribution is 0.800. The van der Waals surface area contributed by atoms with Crippen LogP contribution in [-0.2, 0) is 0 Å². The Morgan fingerprint density at radius 1 is 1.38 bits per heavy atom. The zero-order valence-electron chi connectivity index (χ0n) is 8.57. The second-order valence-electron chi connectivity index (χ2n) is 3.31. The lowest BCUT2D eigenvalue weighted by Gasteiger charge is -2.08. The average Bonchev–Trinajstić information content (AvgIpc) is 2.08. The van der Waals surface area contributed by atoms with E-state index < -0.39 is 0 Å². The highest BCUT2D eigenvalue weighted by atomic mass is 14.9. The van der Waals surface area contributed by atoms with E-state index in [1.807, 2.05) is 6.92 Å². The minimum Gasteiger partial charge on any atom is -0.294 e. The van der Waals surface area contributed by atoms with Crippen LogP contribution in [0, 0.1) is 6.92 Å². The van der Waals surface area contributed by atoms with Crippen molar-refractivity contribution in [3.8, 4) is 0 Å². The topological polar surface area (TPSA) is 38.1 Å². The third-order valence-corrected chi connectivity index (χ3v) is 1.96. The van der Waals surface area contributed by atoms with Crippen molar-refractivity contribution >= 4 is 6.21 Å². The third kappa shape index (κ3) is 2.11. The molecule has 0 aromatic carbocycles. The second kappa shape index (κ2) is 4.12. The molecule has 0 atom stereocenters. The summed E-state index contributed by atoms with van der Waals surface area (Å²) >= 11 is 0. The van der Waals surface area contributed by atoms with Gasteiger partial charge in [0.2, 0.25) is 0 Å². The molecule has 0 radical (unpaired) electrons. The first kappa shape index (κ1) is 9.84. The summed E-state index contributed by atoms with van der Waals surface area (Å²) in [6.07, 6.45) is 3.36. The Kier molecular flexibility index (Phi) is 3.12. The van der Waals surface area contributed by atoms with Gasteiger partial charge >= 0.3 is 0 Å². The molecule has 0 bridgehead atoms. The van der Waals surface area contributed by atoms with Gasteiger partial charge in [-0.15, -0.1) is 0 Å². The number of nitrogens with zero attached hydrogens (tertiary/aromatic N) is 3. The SMILES string of the molecule is CN=Cc1ncnc(C(C)C)c1C. The van der Waals surface area contributed by atoms with E-state index in [1.54, 1.807) is 19.6 Å². The largest absolute Gasteiger partial charge is 0.294 e. The van der Waals surface area contributed by atoms with Gasteiger partial charge in [-0.1, -0.05) is 13.8 Å². The van der Waals surface area contributed by atoms with E-state index in [-0.39, 0.29) is 0 Å². The van der Waals surface area contributed by atoms with Crippen LogP contribution in [0.5, 0.6) is 0 Å². The normalized spacial score (nSPS) is 11.5. The Hall–Kier alpha value is -1.25. The predicted molar refractivity (Wildman–Crippen MR) is 54.4 cm³/mol. The molecule has 1 aromatic rings. The fourth-order valence-electron chi connectivity index (χ4n) is 1.31. The number of aromatic nitrogens is 2. The standard InChI is InChI=1S/C10H15N3/c1-7(2)10-8(3)9(5-11-4)12-6-13-10/h5-7H,1-4H3. The van der Waals surface area contributed by atoms with E-state index in [9.17, 15) is 0 Å². The summed E-state index contributed by atoms with van der Waals surface area (Å²) in [7, 11) is 1.75. The van der Waals surface area contributed by atoms with Gasteiger partial charge in [0.05, 0.1) is 5.69 Å². The number of aliphatic imine (C=N–C) groups is 1. The Morgan fingerprint density at radius 2 is 2.08 bits per heavy atom. The van der Waals surface area contributed by atoms with Gasteiger partial charge in [0.25, 0.3) is 0 Å². The van der Waals surface area contributed by atoms with Crippen LogP contribution in [0.3, 0.4) is 0 Å². The van der Waals surface area contributed by atoms with Gasteiger partial charge in [0.15, 0.2) is 0 Å². The van der Waals surface area contributed by atoms with Crippen molar-refractivity contribution in [2.75, 3.05) is 7.05 Å². The molecular weight excluding hydrogens is 162 g/mol. The van der Waals surface area contributed by atoms with Gasteiger partial charge in [-0.2, -0.15) is 0 Å². The van der Waals surface area contributed by atoms with E-state index in [1.165, 1.54) is 0 Å². The predicted octanol–water partition coefficient (Wildman–Crippen LogP) is 1.96. The summed E-state index contributed by atoms with van der Waals surface area (Å²) in [6.45, 7) is 6.29. The van der Waals surface area contributed by atoms with Crippen molar-refractivity contribution in [3.63, 3.8) is 0 Å². The molecule has 1 heterocycles. The molecule has 3 nitrogen and oxygen atoms in total. The van der Waals surface area contributed by atoms with Gasteiger partial charge in [-0.05, 0) is 18.4 Å². The quantitative estimate of drug-likeness (QED) is 0.648. The van der Waals surface area contributed by atoms with Crippen LogP contribution in [-0.4, -0.2) is 23.2 Å². The minimum atomic E-state index is 0.437. The van der Waals surface area contributed by atoms with Crippen molar-refractivity contribution in [1.29, 1.82) is 0 Å². The first-order valence-electron chi connectivity index (χ1n) is 4.40. The molecule has 1 rings (SSSR count). The zero-order chi connectivity index (χ0) is 9.84. The summed E-state index contributed by atoms with van der Waals surface area (Å²) in [5.41, 5.74) is 3.15. The van der Waals surface area contributed by atoms with Crippen molar-refractivity contribution in [3.05, 3.63) is 23.3 Å². The number of hydrogen-bond donors (Lipinski definition) is 0. The smallest absolute Gasteiger partial charge is 0.116 e. The molecule has 0 N–H and O–H groups in total. The second-order valence-corrected chi connectivity index (χ2v) is 3.31. The Morgan fingerprint density at radius 3 is 2.62 bits per heavy atom. The maximum Gasteiger partial charge on any atom is 0.116 e. The van der Waals surface area contributed by atoms with Crippen molar-refractivity contribution in [1.82, 2.24) is 9.97 Å². The van der Waals surface area contributed by atoms with Crippen LogP contribution in [0.1, 0.15) is 36.7 Å². The lowest BCUT2D eigenvalue weighted by atomic mass is 10.0. The van der Waals surface area contributed by atoms with Gasteiger partial charge in [0.1, 0.15) is 6.33 Å². The Bertz CT molecular complexity index is 316. The first-order valence-corrected chi connectivity index (χ1v) is 4.40. The monoisotopic (exact) mass is 177 g/mol. The van der Waals surface area contributed by atoms with Crippen LogP contribution in [0.4, 0.5) is 0 Å². The van der Waals surface area contributed by atoms with Crippen LogP contribution < -0.4 is 0 Å². The molecule has 3 heteroatoms. The molecule has 0 amide bonds. The molecule has 0 fully saturated rings. The highest BCUT2D eigenvalue weighted by Gasteiger charge is 2.07. The van der Waals surface area contributed by atoms with Crippen molar-refractivity contribution < 1.29 is 0 Å². The van der Waals surface area contributed by atoms with E-state index in [0.29, 0.717) is 5.92 Å². The highest BCUT2D eigenvalue weighted by molar-refractivity contribution is 5.79. The Balaban J connectivity index is 3.18. The summed E-state index contributed by atoms with van der Waals surface area (Å²) in [5.74, 6) is 0.437. The zero-order valence-corrected chi connectivity index (χ0v) is 8.57. The van der Waals surface area contributed by atoms with Crippen molar-refractivity contribution in [2.45, 2.75) is 26.7 Å². The fraction of sp³-hybridized carbons (Fsp3) is 0.500. The molecule has 0 aliphatic carbocycles. The van der Waals surface area contributed by atoms with Crippen LogP contribution >= 0.6 is 0 Å². The highest BCUT2D eigenvalue weighted by Crippen LogP contribution is 2.16. The molecule has 0 aliphatic heterocycles. The van der Waals surface area contributed by atoms with Gasteiger partial charge in [0, 0.05) is 19.0 Å². The summed E-state index contributed by atoms with van der Waals surface area (Å²) in [5, 5.41) is 0. The summed E-state index contributed by atoms with van der Waals surface area (Å²) in [4.78, 5) is 12.4. The van der Waals surface area contributed by atoms with Crippen LogP contribution in [0.25, 0.3) is 0 Å². The van der Waals surface area contributed by atoms with Gasteiger partial charge in [-0.3, -0.25) is 4.99 Å². The fourth-order valence-corrected chi connectivity index (χ4v) is 1.31. The molecule has 0 saturated heterocycles. The molecule has 70 valence electrons. The lowest BCUT2D eigenvalue weighted by Crippen LogP contribution is -2.02. The molecule has 0 unspecified atom stereocenters.